The second-order valence-electron chi connectivity index (χ2n) is 5.08. The second-order valence-corrected chi connectivity index (χ2v) is 5.08. The average molecular weight is 276 g/mol. The monoisotopic (exact) mass is 276 g/mol. The zero-order chi connectivity index (χ0) is 14.5. The van der Waals surface area contributed by atoms with Crippen LogP contribution in [0.4, 0.5) is 0 Å². The summed E-state index contributed by atoms with van der Waals surface area (Å²) in [7, 11) is 0. The number of fused-ring (bicyclic) bond motifs is 1. The van der Waals surface area contributed by atoms with E-state index in [0.717, 1.165) is 17.5 Å². The highest BCUT2D eigenvalue weighted by atomic mass is 16.4. The molecule has 0 spiro atoms. The second kappa shape index (κ2) is 6.52. The fourth-order valence-corrected chi connectivity index (χ4v) is 2.49. The van der Waals surface area contributed by atoms with Crippen LogP contribution in [0.2, 0.25) is 0 Å². The number of rotatable bonds is 5. The molecule has 1 atom stereocenters. The number of benzene rings is 1. The molecule has 1 amide bonds. The van der Waals surface area contributed by atoms with Crippen LogP contribution in [0.3, 0.4) is 0 Å². The van der Waals surface area contributed by atoms with Gasteiger partial charge in [-0.15, -0.1) is 0 Å². The van der Waals surface area contributed by atoms with E-state index in [2.05, 4.69) is 5.32 Å². The Morgan fingerprint density at radius 1 is 1.35 bits per heavy atom. The van der Waals surface area contributed by atoms with Gasteiger partial charge in [0.25, 0.3) is 0 Å². The van der Waals surface area contributed by atoms with Crippen molar-refractivity contribution in [1.82, 2.24) is 10.2 Å². The molecule has 0 saturated heterocycles. The summed E-state index contributed by atoms with van der Waals surface area (Å²) in [6.45, 7) is 3.25. The van der Waals surface area contributed by atoms with E-state index in [1.54, 1.807) is 4.90 Å². The molecule has 5 nitrogen and oxygen atoms in total. The van der Waals surface area contributed by atoms with Gasteiger partial charge in [-0.3, -0.25) is 14.5 Å². The zero-order valence-corrected chi connectivity index (χ0v) is 11.6. The summed E-state index contributed by atoms with van der Waals surface area (Å²) >= 11 is 0. The van der Waals surface area contributed by atoms with Gasteiger partial charge in [0.2, 0.25) is 5.91 Å². The number of amides is 1. The van der Waals surface area contributed by atoms with Crippen LogP contribution >= 0.6 is 0 Å². The molecule has 0 fully saturated rings. The number of carbonyl (C=O) groups excluding carboxylic acids is 1. The first-order valence-corrected chi connectivity index (χ1v) is 6.92. The Kier molecular flexibility index (Phi) is 4.74. The maximum absolute atomic E-state index is 11.8. The first-order chi connectivity index (χ1) is 9.61. The Balaban J connectivity index is 2.10. The van der Waals surface area contributed by atoms with Crippen molar-refractivity contribution >= 4 is 11.9 Å². The maximum atomic E-state index is 11.8. The van der Waals surface area contributed by atoms with Crippen molar-refractivity contribution in [2.45, 2.75) is 32.4 Å². The van der Waals surface area contributed by atoms with E-state index in [-0.39, 0.29) is 12.5 Å². The lowest BCUT2D eigenvalue weighted by atomic mass is 9.94. The van der Waals surface area contributed by atoms with E-state index < -0.39 is 12.0 Å². The van der Waals surface area contributed by atoms with E-state index in [1.165, 1.54) is 0 Å². The van der Waals surface area contributed by atoms with Gasteiger partial charge in [-0.2, -0.15) is 0 Å². The van der Waals surface area contributed by atoms with Crippen LogP contribution in [0, 0.1) is 0 Å². The van der Waals surface area contributed by atoms with Crippen molar-refractivity contribution in [2.24, 2.45) is 0 Å². The number of hydrogen-bond acceptors (Lipinski definition) is 3. The Hall–Kier alpha value is -1.88. The minimum atomic E-state index is -0.872. The van der Waals surface area contributed by atoms with E-state index in [4.69, 9.17) is 0 Å². The molecule has 1 aliphatic rings. The van der Waals surface area contributed by atoms with Gasteiger partial charge in [0.1, 0.15) is 6.04 Å². The smallest absolute Gasteiger partial charge is 0.321 e. The summed E-state index contributed by atoms with van der Waals surface area (Å²) in [6, 6.07) is 7.18. The van der Waals surface area contributed by atoms with E-state index in [0.29, 0.717) is 19.5 Å². The molecule has 5 heteroatoms. The van der Waals surface area contributed by atoms with Crippen LogP contribution in [0.25, 0.3) is 0 Å². The lowest BCUT2D eigenvalue weighted by Crippen LogP contribution is -2.49. The summed E-state index contributed by atoms with van der Waals surface area (Å²) in [6.07, 6.45) is 1.32. The van der Waals surface area contributed by atoms with Crippen LogP contribution in [0.15, 0.2) is 24.3 Å². The first kappa shape index (κ1) is 14.5. The molecule has 2 N–H and O–H groups in total. The molecule has 1 aromatic rings. The van der Waals surface area contributed by atoms with Crippen molar-refractivity contribution in [3.8, 4) is 0 Å². The van der Waals surface area contributed by atoms with Gasteiger partial charge in [0.15, 0.2) is 0 Å². The standard InChI is InChI=1S/C15H20N2O3/c1-2-7-16-14(18)10-17-9-12-6-4-3-5-11(12)8-13(17)15(19)20/h3-6,13H,2,7-10H2,1H3,(H,16,18)(H,19,20)/t13-/m0/s1. The Morgan fingerprint density at radius 3 is 2.70 bits per heavy atom. The largest absolute Gasteiger partial charge is 0.480 e. The average Bonchev–Trinajstić information content (AvgIpc) is 2.44. The van der Waals surface area contributed by atoms with Crippen LogP contribution in [-0.2, 0) is 22.6 Å². The maximum Gasteiger partial charge on any atom is 0.321 e. The number of nitrogens with zero attached hydrogens (tertiary/aromatic N) is 1. The molecule has 108 valence electrons. The SMILES string of the molecule is CCCNC(=O)CN1Cc2ccccc2C[C@H]1C(=O)O. The lowest BCUT2D eigenvalue weighted by molar-refractivity contribution is -0.144. The molecule has 1 aliphatic heterocycles. The highest BCUT2D eigenvalue weighted by Gasteiger charge is 2.32. The van der Waals surface area contributed by atoms with Crippen molar-refractivity contribution < 1.29 is 14.7 Å². The Labute approximate surface area is 118 Å². The highest BCUT2D eigenvalue weighted by molar-refractivity contribution is 5.80. The van der Waals surface area contributed by atoms with Crippen molar-refractivity contribution in [3.63, 3.8) is 0 Å². The van der Waals surface area contributed by atoms with E-state index >= 15 is 0 Å². The molecular weight excluding hydrogens is 256 g/mol. The van der Waals surface area contributed by atoms with E-state index in [1.807, 2.05) is 31.2 Å². The van der Waals surface area contributed by atoms with Crippen molar-refractivity contribution in [3.05, 3.63) is 35.4 Å². The molecule has 1 heterocycles. The molecule has 0 aliphatic carbocycles. The number of nitrogens with one attached hydrogen (secondary N) is 1. The van der Waals surface area contributed by atoms with Gasteiger partial charge in [-0.1, -0.05) is 31.2 Å². The summed E-state index contributed by atoms with van der Waals surface area (Å²) < 4.78 is 0. The molecule has 0 unspecified atom stereocenters. The van der Waals surface area contributed by atoms with Gasteiger partial charge >= 0.3 is 5.97 Å². The number of hydrogen-bond donors (Lipinski definition) is 2. The minimum Gasteiger partial charge on any atom is -0.480 e. The van der Waals surface area contributed by atoms with Crippen LogP contribution < -0.4 is 5.32 Å². The van der Waals surface area contributed by atoms with Crippen molar-refractivity contribution in [1.29, 1.82) is 0 Å². The van der Waals surface area contributed by atoms with Gasteiger partial charge in [-0.25, -0.2) is 0 Å². The number of carboxylic acids is 1. The van der Waals surface area contributed by atoms with Crippen molar-refractivity contribution in [2.75, 3.05) is 13.1 Å². The van der Waals surface area contributed by atoms with Gasteiger partial charge in [-0.05, 0) is 24.0 Å². The van der Waals surface area contributed by atoms with E-state index in [9.17, 15) is 14.7 Å². The van der Waals surface area contributed by atoms with Gasteiger partial charge in [0, 0.05) is 13.1 Å². The number of carboxylic acid groups (broad SMARTS) is 1. The van der Waals surface area contributed by atoms with Crippen LogP contribution in [0.5, 0.6) is 0 Å². The van der Waals surface area contributed by atoms with Gasteiger partial charge < -0.3 is 10.4 Å². The third-order valence-corrected chi connectivity index (χ3v) is 3.55. The molecule has 0 radical (unpaired) electrons. The molecule has 2 rings (SSSR count). The van der Waals surface area contributed by atoms with Crippen LogP contribution in [-0.4, -0.2) is 41.0 Å². The Bertz CT molecular complexity index is 502. The molecule has 20 heavy (non-hydrogen) atoms. The Morgan fingerprint density at radius 2 is 2.05 bits per heavy atom. The minimum absolute atomic E-state index is 0.113. The molecular formula is C15H20N2O3. The summed E-state index contributed by atoms with van der Waals surface area (Å²) in [5.74, 6) is -0.986. The third-order valence-electron chi connectivity index (χ3n) is 3.55. The molecule has 1 aromatic carbocycles. The molecule has 0 bridgehead atoms. The normalized spacial score (nSPS) is 18.4. The highest BCUT2D eigenvalue weighted by Crippen LogP contribution is 2.23. The third kappa shape index (κ3) is 3.36. The number of aliphatic carboxylic acids is 1. The molecule has 0 saturated carbocycles. The summed E-state index contributed by atoms with van der Waals surface area (Å²) in [5.41, 5.74) is 2.17. The fraction of sp³-hybridized carbons (Fsp3) is 0.467. The summed E-state index contributed by atoms with van der Waals surface area (Å²) in [5, 5.41) is 12.1. The quantitative estimate of drug-likeness (QED) is 0.842. The summed E-state index contributed by atoms with van der Waals surface area (Å²) in [4.78, 5) is 24.9. The lowest BCUT2D eigenvalue weighted by Gasteiger charge is -2.33. The molecule has 0 aromatic heterocycles. The number of carbonyl (C=O) groups is 2. The predicted molar refractivity (Wildman–Crippen MR) is 75.3 cm³/mol. The predicted octanol–water partition coefficient (Wildman–Crippen LogP) is 1.02. The van der Waals surface area contributed by atoms with Gasteiger partial charge in [0.05, 0.1) is 6.54 Å². The van der Waals surface area contributed by atoms with Crippen LogP contribution in [0.1, 0.15) is 24.5 Å². The fourth-order valence-electron chi connectivity index (χ4n) is 2.49. The zero-order valence-electron chi connectivity index (χ0n) is 11.6. The first-order valence-electron chi connectivity index (χ1n) is 6.92. The topological polar surface area (TPSA) is 69.6 Å².